The summed E-state index contributed by atoms with van der Waals surface area (Å²) in [4.78, 5) is 0. The zero-order chi connectivity index (χ0) is 12.9. The zero-order valence-corrected chi connectivity index (χ0v) is 11.7. The van der Waals surface area contributed by atoms with Crippen LogP contribution in [0, 0.1) is 38.5 Å². The molecule has 2 bridgehead atoms. The van der Waals surface area contributed by atoms with Crippen LogP contribution in [0.5, 0.6) is 0 Å². The number of rotatable bonds is 2. The molecule has 18 heavy (non-hydrogen) atoms. The molecule has 0 aromatic heterocycles. The van der Waals surface area contributed by atoms with Gasteiger partial charge in [0.1, 0.15) is 0 Å². The second-order valence-electron chi connectivity index (χ2n) is 6.60. The highest BCUT2D eigenvalue weighted by atomic mass is 16.3. The summed E-state index contributed by atoms with van der Waals surface area (Å²) >= 11 is 0. The van der Waals surface area contributed by atoms with E-state index in [1.165, 1.54) is 47.9 Å². The molecule has 2 aliphatic carbocycles. The molecular weight excluding hydrogens is 220 g/mol. The fourth-order valence-corrected chi connectivity index (χ4v) is 4.55. The van der Waals surface area contributed by atoms with Gasteiger partial charge < -0.3 is 5.11 Å². The van der Waals surface area contributed by atoms with Gasteiger partial charge in [0.25, 0.3) is 0 Å². The first kappa shape index (κ1) is 12.2. The van der Waals surface area contributed by atoms with Crippen LogP contribution in [-0.4, -0.2) is 5.11 Å². The van der Waals surface area contributed by atoms with Gasteiger partial charge in [0, 0.05) is 0 Å². The molecule has 1 nitrogen and oxygen atoms in total. The molecule has 4 unspecified atom stereocenters. The summed E-state index contributed by atoms with van der Waals surface area (Å²) in [5.74, 6) is 2.20. The Bertz CT molecular complexity index is 440. The molecule has 0 amide bonds. The maximum atomic E-state index is 10.8. The average molecular weight is 244 g/mol. The van der Waals surface area contributed by atoms with Gasteiger partial charge in [0.2, 0.25) is 0 Å². The number of fused-ring (bicyclic) bond motifs is 2. The van der Waals surface area contributed by atoms with Crippen molar-refractivity contribution in [3.63, 3.8) is 0 Å². The zero-order valence-electron chi connectivity index (χ0n) is 11.7. The van der Waals surface area contributed by atoms with E-state index in [0.717, 1.165) is 11.8 Å². The molecular formula is C17H24O. The Labute approximate surface area is 110 Å². The van der Waals surface area contributed by atoms with E-state index < -0.39 is 0 Å². The van der Waals surface area contributed by atoms with Crippen LogP contribution >= 0.6 is 0 Å². The third-order valence-electron chi connectivity index (χ3n) is 5.23. The molecule has 98 valence electrons. The van der Waals surface area contributed by atoms with Crippen molar-refractivity contribution in [2.24, 2.45) is 17.8 Å². The Kier molecular flexibility index (Phi) is 2.97. The van der Waals surface area contributed by atoms with Crippen LogP contribution in [0.2, 0.25) is 0 Å². The number of benzene rings is 1. The van der Waals surface area contributed by atoms with Gasteiger partial charge in [-0.05, 0) is 74.5 Å². The summed E-state index contributed by atoms with van der Waals surface area (Å²) in [5, 5.41) is 10.8. The van der Waals surface area contributed by atoms with Gasteiger partial charge in [-0.15, -0.1) is 0 Å². The predicted molar refractivity (Wildman–Crippen MR) is 74.6 cm³/mol. The average Bonchev–Trinajstić information content (AvgIpc) is 2.88. The third-order valence-corrected chi connectivity index (χ3v) is 5.23. The molecule has 1 aromatic rings. The molecule has 0 radical (unpaired) electrons. The maximum absolute atomic E-state index is 10.8. The van der Waals surface area contributed by atoms with Crippen LogP contribution in [0.15, 0.2) is 12.1 Å². The van der Waals surface area contributed by atoms with Gasteiger partial charge in [-0.2, -0.15) is 0 Å². The minimum Gasteiger partial charge on any atom is -0.388 e. The van der Waals surface area contributed by atoms with Crippen molar-refractivity contribution in [2.45, 2.75) is 52.6 Å². The molecule has 1 heteroatoms. The van der Waals surface area contributed by atoms with Gasteiger partial charge >= 0.3 is 0 Å². The topological polar surface area (TPSA) is 20.2 Å². The van der Waals surface area contributed by atoms with Crippen molar-refractivity contribution in [3.8, 4) is 0 Å². The Hall–Kier alpha value is -0.820. The standard InChI is InChI=1S/C17H24O/c1-10-6-11(2)16(12(3)7-10)17(18)15-9-13-4-5-14(15)8-13/h6-7,13-15,17-18H,4-5,8-9H2,1-3H3. The molecule has 0 heterocycles. The van der Waals surface area contributed by atoms with Crippen molar-refractivity contribution in [1.29, 1.82) is 0 Å². The quantitative estimate of drug-likeness (QED) is 0.831. The molecule has 0 spiro atoms. The van der Waals surface area contributed by atoms with E-state index in [4.69, 9.17) is 0 Å². The van der Waals surface area contributed by atoms with Crippen LogP contribution < -0.4 is 0 Å². The van der Waals surface area contributed by atoms with E-state index >= 15 is 0 Å². The Balaban J connectivity index is 1.91. The van der Waals surface area contributed by atoms with Crippen molar-refractivity contribution in [1.82, 2.24) is 0 Å². The van der Waals surface area contributed by atoms with E-state index in [1.807, 2.05) is 0 Å². The number of hydrogen-bond donors (Lipinski definition) is 1. The van der Waals surface area contributed by atoms with Crippen LogP contribution in [0.4, 0.5) is 0 Å². The maximum Gasteiger partial charge on any atom is 0.0826 e. The van der Waals surface area contributed by atoms with Crippen LogP contribution in [0.1, 0.15) is 54.0 Å². The van der Waals surface area contributed by atoms with Crippen molar-refractivity contribution >= 4 is 0 Å². The van der Waals surface area contributed by atoms with Gasteiger partial charge in [-0.3, -0.25) is 0 Å². The fraction of sp³-hybridized carbons (Fsp3) is 0.647. The number of aryl methyl sites for hydroxylation is 3. The van der Waals surface area contributed by atoms with Gasteiger partial charge in [0.05, 0.1) is 6.10 Å². The molecule has 1 aromatic carbocycles. The van der Waals surface area contributed by atoms with Crippen LogP contribution in [0.3, 0.4) is 0 Å². The van der Waals surface area contributed by atoms with E-state index in [2.05, 4.69) is 32.9 Å². The van der Waals surface area contributed by atoms with E-state index in [-0.39, 0.29) is 6.10 Å². The molecule has 1 N–H and O–H groups in total. The van der Waals surface area contributed by atoms with Crippen LogP contribution in [-0.2, 0) is 0 Å². The summed E-state index contributed by atoms with van der Waals surface area (Å²) in [7, 11) is 0. The summed E-state index contributed by atoms with van der Waals surface area (Å²) in [6, 6.07) is 4.41. The summed E-state index contributed by atoms with van der Waals surface area (Å²) in [6.07, 6.45) is 5.13. The number of aliphatic hydroxyl groups is 1. The Morgan fingerprint density at radius 1 is 1.06 bits per heavy atom. The number of aliphatic hydroxyl groups excluding tert-OH is 1. The molecule has 0 saturated heterocycles. The summed E-state index contributed by atoms with van der Waals surface area (Å²) < 4.78 is 0. The lowest BCUT2D eigenvalue weighted by Crippen LogP contribution is -2.20. The largest absolute Gasteiger partial charge is 0.388 e. The van der Waals surface area contributed by atoms with Gasteiger partial charge in [-0.1, -0.05) is 24.1 Å². The predicted octanol–water partition coefficient (Wildman–Crippen LogP) is 4.08. The lowest BCUT2D eigenvalue weighted by atomic mass is 9.79. The molecule has 3 rings (SSSR count). The summed E-state index contributed by atoms with van der Waals surface area (Å²) in [6.45, 7) is 6.42. The van der Waals surface area contributed by atoms with E-state index in [0.29, 0.717) is 5.92 Å². The molecule has 4 atom stereocenters. The van der Waals surface area contributed by atoms with E-state index in [1.54, 1.807) is 0 Å². The van der Waals surface area contributed by atoms with Gasteiger partial charge in [0.15, 0.2) is 0 Å². The summed E-state index contributed by atoms with van der Waals surface area (Å²) in [5.41, 5.74) is 5.04. The van der Waals surface area contributed by atoms with Gasteiger partial charge in [-0.25, -0.2) is 0 Å². The van der Waals surface area contributed by atoms with Crippen molar-refractivity contribution < 1.29 is 5.11 Å². The fourth-order valence-electron chi connectivity index (χ4n) is 4.55. The third kappa shape index (κ3) is 1.89. The molecule has 2 fully saturated rings. The monoisotopic (exact) mass is 244 g/mol. The van der Waals surface area contributed by atoms with E-state index in [9.17, 15) is 5.11 Å². The van der Waals surface area contributed by atoms with Crippen molar-refractivity contribution in [2.75, 3.05) is 0 Å². The molecule has 2 aliphatic rings. The number of hydrogen-bond acceptors (Lipinski definition) is 1. The molecule has 2 saturated carbocycles. The lowest BCUT2D eigenvalue weighted by molar-refractivity contribution is 0.0735. The minimum atomic E-state index is -0.235. The smallest absolute Gasteiger partial charge is 0.0826 e. The van der Waals surface area contributed by atoms with Crippen LogP contribution in [0.25, 0.3) is 0 Å². The SMILES string of the molecule is Cc1cc(C)c(C(O)C2CC3CCC2C3)c(C)c1. The minimum absolute atomic E-state index is 0.235. The highest BCUT2D eigenvalue weighted by Gasteiger charge is 2.43. The lowest BCUT2D eigenvalue weighted by Gasteiger charge is -2.29. The first-order chi connectivity index (χ1) is 8.56. The Morgan fingerprint density at radius 2 is 1.72 bits per heavy atom. The molecule has 0 aliphatic heterocycles. The second kappa shape index (κ2) is 4.38. The van der Waals surface area contributed by atoms with Crippen molar-refractivity contribution in [3.05, 3.63) is 34.4 Å². The Morgan fingerprint density at radius 3 is 2.22 bits per heavy atom. The highest BCUT2D eigenvalue weighted by Crippen LogP contribution is 2.53. The first-order valence-electron chi connectivity index (χ1n) is 7.32. The normalized spacial score (nSPS) is 31.9. The first-order valence-corrected chi connectivity index (χ1v) is 7.32. The highest BCUT2D eigenvalue weighted by molar-refractivity contribution is 5.39. The second-order valence-corrected chi connectivity index (χ2v) is 6.60.